The molecule has 2 saturated heterocycles. The number of hydrogen-bond donors (Lipinski definition) is 1. The van der Waals surface area contributed by atoms with Crippen molar-refractivity contribution < 1.29 is 9.90 Å². The summed E-state index contributed by atoms with van der Waals surface area (Å²) in [5.74, 6) is 1.80. The molecule has 2 aromatic rings. The van der Waals surface area contributed by atoms with Crippen molar-refractivity contribution in [3.8, 4) is 0 Å². The maximum Gasteiger partial charge on any atom is 0.227 e. The second-order valence-corrected chi connectivity index (χ2v) is 7.45. The molecule has 0 aliphatic carbocycles. The molecular weight excluding hydrogens is 340 g/mol. The lowest BCUT2D eigenvalue weighted by molar-refractivity contribution is 0.0907. The zero-order valence-electron chi connectivity index (χ0n) is 15.5. The van der Waals surface area contributed by atoms with E-state index in [2.05, 4.69) is 14.8 Å². The number of aliphatic hydroxyl groups is 1. The van der Waals surface area contributed by atoms with Crippen molar-refractivity contribution in [2.45, 2.75) is 31.8 Å². The van der Waals surface area contributed by atoms with Gasteiger partial charge in [0.15, 0.2) is 5.78 Å². The number of hydrogen-bond acceptors (Lipinski definition) is 6. The minimum atomic E-state index is -0.200. The van der Waals surface area contributed by atoms with Gasteiger partial charge in [-0.1, -0.05) is 30.3 Å². The summed E-state index contributed by atoms with van der Waals surface area (Å²) in [5.41, 5.74) is 0.783. The Labute approximate surface area is 159 Å². The van der Waals surface area contributed by atoms with Crippen LogP contribution >= 0.6 is 0 Å². The van der Waals surface area contributed by atoms with Gasteiger partial charge in [-0.25, -0.2) is 4.98 Å². The number of aromatic nitrogens is 2. The van der Waals surface area contributed by atoms with Gasteiger partial charge in [0.2, 0.25) is 5.95 Å². The van der Waals surface area contributed by atoms with E-state index in [4.69, 9.17) is 4.98 Å². The van der Waals surface area contributed by atoms with Gasteiger partial charge in [0, 0.05) is 43.9 Å². The molecule has 0 amide bonds. The van der Waals surface area contributed by atoms with Gasteiger partial charge in [-0.05, 0) is 31.7 Å². The standard InChI is InChI=1S/C21H26N4O2/c26-18-9-13-24(14-10-18)19-8-11-22-21(23-19)25-12-4-7-17(15-25)20(27)16-5-2-1-3-6-16/h1-3,5-6,8,11,17-18,26H,4,7,9-10,12-15H2. The summed E-state index contributed by atoms with van der Waals surface area (Å²) < 4.78 is 0. The minimum absolute atomic E-state index is 0.0152. The molecule has 142 valence electrons. The maximum atomic E-state index is 12.8. The highest BCUT2D eigenvalue weighted by Crippen LogP contribution is 2.25. The number of ketones is 1. The van der Waals surface area contributed by atoms with Gasteiger partial charge in [-0.2, -0.15) is 4.98 Å². The zero-order valence-corrected chi connectivity index (χ0v) is 15.5. The summed E-state index contributed by atoms with van der Waals surface area (Å²) in [6, 6.07) is 11.5. The highest BCUT2D eigenvalue weighted by atomic mass is 16.3. The molecule has 6 nitrogen and oxygen atoms in total. The Bertz CT molecular complexity index is 775. The van der Waals surface area contributed by atoms with Crippen LogP contribution in [0.1, 0.15) is 36.0 Å². The van der Waals surface area contributed by atoms with E-state index < -0.39 is 0 Å². The maximum absolute atomic E-state index is 12.8. The van der Waals surface area contributed by atoms with Gasteiger partial charge in [0.1, 0.15) is 5.82 Å². The molecule has 3 heterocycles. The van der Waals surface area contributed by atoms with E-state index in [0.717, 1.165) is 56.7 Å². The predicted octanol–water partition coefficient (Wildman–Crippen LogP) is 2.54. The number of aliphatic hydroxyl groups excluding tert-OH is 1. The van der Waals surface area contributed by atoms with Gasteiger partial charge in [0.25, 0.3) is 0 Å². The molecule has 0 radical (unpaired) electrons. The molecule has 1 N–H and O–H groups in total. The van der Waals surface area contributed by atoms with Crippen molar-refractivity contribution >= 4 is 17.5 Å². The van der Waals surface area contributed by atoms with Crippen LogP contribution in [0.25, 0.3) is 0 Å². The first-order valence-corrected chi connectivity index (χ1v) is 9.81. The first-order chi connectivity index (χ1) is 13.2. The summed E-state index contributed by atoms with van der Waals surface area (Å²) in [6.07, 6.45) is 5.02. The van der Waals surface area contributed by atoms with E-state index in [0.29, 0.717) is 12.5 Å². The van der Waals surface area contributed by atoms with Crippen molar-refractivity contribution in [3.05, 3.63) is 48.2 Å². The Balaban J connectivity index is 1.47. The molecule has 2 fully saturated rings. The zero-order chi connectivity index (χ0) is 18.6. The summed E-state index contributed by atoms with van der Waals surface area (Å²) >= 11 is 0. The third-order valence-corrected chi connectivity index (χ3v) is 5.55. The highest BCUT2D eigenvalue weighted by Gasteiger charge is 2.28. The van der Waals surface area contributed by atoms with Crippen LogP contribution in [-0.4, -0.2) is 53.1 Å². The third-order valence-electron chi connectivity index (χ3n) is 5.55. The average Bonchev–Trinajstić information content (AvgIpc) is 2.74. The molecule has 0 saturated carbocycles. The number of benzene rings is 1. The van der Waals surface area contributed by atoms with Crippen molar-refractivity contribution in [1.29, 1.82) is 0 Å². The number of piperidine rings is 2. The number of anilines is 2. The first kappa shape index (κ1) is 17.9. The van der Waals surface area contributed by atoms with Crippen LogP contribution in [0, 0.1) is 5.92 Å². The normalized spacial score (nSPS) is 21.3. The topological polar surface area (TPSA) is 69.6 Å². The lowest BCUT2D eigenvalue weighted by Crippen LogP contribution is -2.40. The van der Waals surface area contributed by atoms with Gasteiger partial charge < -0.3 is 14.9 Å². The Morgan fingerprint density at radius 2 is 1.78 bits per heavy atom. The number of nitrogens with zero attached hydrogens (tertiary/aromatic N) is 4. The summed E-state index contributed by atoms with van der Waals surface area (Å²) in [4.78, 5) is 26.4. The Morgan fingerprint density at radius 1 is 1.00 bits per heavy atom. The second-order valence-electron chi connectivity index (χ2n) is 7.45. The Morgan fingerprint density at radius 3 is 2.56 bits per heavy atom. The van der Waals surface area contributed by atoms with Crippen LogP contribution in [0.2, 0.25) is 0 Å². The molecule has 27 heavy (non-hydrogen) atoms. The summed E-state index contributed by atoms with van der Waals surface area (Å²) in [5, 5.41) is 9.71. The van der Waals surface area contributed by atoms with Crippen LogP contribution in [0.5, 0.6) is 0 Å². The largest absolute Gasteiger partial charge is 0.393 e. The van der Waals surface area contributed by atoms with Crippen LogP contribution in [0.15, 0.2) is 42.6 Å². The van der Waals surface area contributed by atoms with Gasteiger partial charge in [-0.3, -0.25) is 4.79 Å². The van der Waals surface area contributed by atoms with Crippen LogP contribution < -0.4 is 9.80 Å². The lowest BCUT2D eigenvalue weighted by atomic mass is 9.90. The van der Waals surface area contributed by atoms with E-state index >= 15 is 0 Å². The molecule has 1 atom stereocenters. The van der Waals surface area contributed by atoms with Gasteiger partial charge >= 0.3 is 0 Å². The van der Waals surface area contributed by atoms with Crippen molar-refractivity contribution in [3.63, 3.8) is 0 Å². The van der Waals surface area contributed by atoms with E-state index in [-0.39, 0.29) is 17.8 Å². The lowest BCUT2D eigenvalue weighted by Gasteiger charge is -2.34. The number of carbonyl (C=O) groups is 1. The number of Topliss-reactive ketones (excluding diaryl/α,β-unsaturated/α-hetero) is 1. The molecule has 0 spiro atoms. The quantitative estimate of drug-likeness (QED) is 0.839. The van der Waals surface area contributed by atoms with Crippen LogP contribution in [-0.2, 0) is 0 Å². The Hall–Kier alpha value is -2.47. The van der Waals surface area contributed by atoms with E-state index in [1.807, 2.05) is 36.4 Å². The molecule has 2 aliphatic rings. The number of carbonyl (C=O) groups excluding carboxylic acids is 1. The molecular formula is C21H26N4O2. The average molecular weight is 366 g/mol. The smallest absolute Gasteiger partial charge is 0.227 e. The number of rotatable bonds is 4. The van der Waals surface area contributed by atoms with Crippen LogP contribution in [0.4, 0.5) is 11.8 Å². The molecule has 6 heteroatoms. The molecule has 1 aromatic heterocycles. The van der Waals surface area contributed by atoms with Gasteiger partial charge in [-0.15, -0.1) is 0 Å². The fourth-order valence-electron chi connectivity index (χ4n) is 3.97. The minimum Gasteiger partial charge on any atom is -0.393 e. The van der Waals surface area contributed by atoms with Crippen LogP contribution in [0.3, 0.4) is 0 Å². The Kier molecular flexibility index (Phi) is 5.34. The van der Waals surface area contributed by atoms with Gasteiger partial charge in [0.05, 0.1) is 6.10 Å². The van der Waals surface area contributed by atoms with Crippen molar-refractivity contribution in [1.82, 2.24) is 9.97 Å². The third kappa shape index (κ3) is 4.11. The highest BCUT2D eigenvalue weighted by molar-refractivity contribution is 5.98. The van der Waals surface area contributed by atoms with Crippen molar-refractivity contribution in [2.75, 3.05) is 36.0 Å². The van der Waals surface area contributed by atoms with E-state index in [9.17, 15) is 9.90 Å². The molecule has 0 bridgehead atoms. The fraction of sp³-hybridized carbons (Fsp3) is 0.476. The van der Waals surface area contributed by atoms with E-state index in [1.165, 1.54) is 0 Å². The molecule has 4 rings (SSSR count). The monoisotopic (exact) mass is 366 g/mol. The molecule has 1 aromatic carbocycles. The first-order valence-electron chi connectivity index (χ1n) is 9.81. The SMILES string of the molecule is O=C(c1ccccc1)C1CCCN(c2nccc(N3CCC(O)CC3)n2)C1. The molecule has 2 aliphatic heterocycles. The van der Waals surface area contributed by atoms with E-state index in [1.54, 1.807) is 6.20 Å². The second kappa shape index (κ2) is 8.05. The fourth-order valence-corrected chi connectivity index (χ4v) is 3.97. The molecule has 1 unspecified atom stereocenters. The van der Waals surface area contributed by atoms with Crippen molar-refractivity contribution in [2.24, 2.45) is 5.92 Å². The summed E-state index contributed by atoms with van der Waals surface area (Å²) in [7, 11) is 0. The summed E-state index contributed by atoms with van der Waals surface area (Å²) in [6.45, 7) is 3.16. The predicted molar refractivity (Wildman–Crippen MR) is 105 cm³/mol.